The molecule has 3 fully saturated rings. The lowest BCUT2D eigenvalue weighted by molar-refractivity contribution is -0.132. The molecule has 7 rings (SSSR count). The molecule has 0 aliphatic carbocycles. The number of halogens is 1. The van der Waals surface area contributed by atoms with Gasteiger partial charge >= 0.3 is 0 Å². The normalized spacial score (nSPS) is 19.1. The molecule has 43 heavy (non-hydrogen) atoms. The second-order valence-electron chi connectivity index (χ2n) is 11.9. The number of carbonyl (C=O) groups excluding carboxylic acids is 2. The maximum atomic E-state index is 16.4. The van der Waals surface area contributed by atoms with Gasteiger partial charge in [0.25, 0.3) is 5.91 Å². The Morgan fingerprint density at radius 1 is 0.977 bits per heavy atom. The van der Waals surface area contributed by atoms with Gasteiger partial charge in [0, 0.05) is 94.7 Å². The molecule has 0 unspecified atom stereocenters. The van der Waals surface area contributed by atoms with Crippen LogP contribution in [0, 0.1) is 5.82 Å². The van der Waals surface area contributed by atoms with Crippen LogP contribution in [0.2, 0.25) is 0 Å². The molecular formula is C33H38FN7O2. The SMILES string of the molecule is O=C(CCn1cccn1)N1CCC[C@H](c2cc(-c3ccc(N4CCNCC4)cc3)c3cc(C(=O)N4CCC4)[nH]c3c2F)C1. The third-order valence-electron chi connectivity index (χ3n) is 9.24. The van der Waals surface area contributed by atoms with Crippen LogP contribution < -0.4 is 10.2 Å². The molecule has 3 saturated heterocycles. The van der Waals surface area contributed by atoms with Crippen molar-refractivity contribution in [2.24, 2.45) is 0 Å². The molecule has 2 N–H and O–H groups in total. The summed E-state index contributed by atoms with van der Waals surface area (Å²) in [5.41, 5.74) is 4.44. The predicted octanol–water partition coefficient (Wildman–Crippen LogP) is 4.22. The van der Waals surface area contributed by atoms with E-state index in [-0.39, 0.29) is 23.5 Å². The molecule has 10 heteroatoms. The molecule has 0 saturated carbocycles. The Labute approximate surface area is 250 Å². The number of nitrogens with one attached hydrogen (secondary N) is 2. The number of rotatable bonds is 7. The van der Waals surface area contributed by atoms with Crippen molar-refractivity contribution in [3.8, 4) is 11.1 Å². The van der Waals surface area contributed by atoms with E-state index in [9.17, 15) is 9.59 Å². The van der Waals surface area contributed by atoms with E-state index in [0.717, 1.165) is 69.7 Å². The highest BCUT2D eigenvalue weighted by Gasteiger charge is 2.30. The molecule has 0 radical (unpaired) electrons. The first-order valence-electron chi connectivity index (χ1n) is 15.5. The number of anilines is 1. The fourth-order valence-electron chi connectivity index (χ4n) is 6.66. The predicted molar refractivity (Wildman–Crippen MR) is 165 cm³/mol. The lowest BCUT2D eigenvalue weighted by atomic mass is 9.87. The molecule has 3 aliphatic rings. The topological polar surface area (TPSA) is 89.5 Å². The summed E-state index contributed by atoms with van der Waals surface area (Å²) in [5, 5.41) is 8.31. The number of likely N-dealkylation sites (tertiary alicyclic amines) is 2. The van der Waals surface area contributed by atoms with Crippen LogP contribution in [-0.4, -0.2) is 88.7 Å². The minimum absolute atomic E-state index is 0.0627. The highest BCUT2D eigenvalue weighted by Crippen LogP contribution is 2.39. The third kappa shape index (κ3) is 5.51. The van der Waals surface area contributed by atoms with Crippen molar-refractivity contribution >= 4 is 28.4 Å². The van der Waals surface area contributed by atoms with Crippen LogP contribution in [0.5, 0.6) is 0 Å². The Balaban J connectivity index is 1.22. The molecule has 2 aromatic heterocycles. The molecule has 1 atom stereocenters. The van der Waals surface area contributed by atoms with Gasteiger partial charge in [-0.25, -0.2) is 4.39 Å². The minimum atomic E-state index is -0.324. The summed E-state index contributed by atoms with van der Waals surface area (Å²) in [6.07, 6.45) is 6.53. The number of benzene rings is 2. The van der Waals surface area contributed by atoms with Gasteiger partial charge in [0.2, 0.25) is 5.91 Å². The first-order valence-corrected chi connectivity index (χ1v) is 15.5. The van der Waals surface area contributed by atoms with E-state index in [1.54, 1.807) is 15.8 Å². The maximum absolute atomic E-state index is 16.4. The average Bonchev–Trinajstić information content (AvgIpc) is 3.71. The zero-order valence-electron chi connectivity index (χ0n) is 24.4. The van der Waals surface area contributed by atoms with E-state index in [1.807, 2.05) is 29.3 Å². The van der Waals surface area contributed by atoms with Gasteiger partial charge in [0.05, 0.1) is 5.52 Å². The fourth-order valence-corrected chi connectivity index (χ4v) is 6.66. The molecule has 2 aromatic carbocycles. The maximum Gasteiger partial charge on any atom is 0.270 e. The van der Waals surface area contributed by atoms with Gasteiger partial charge in [-0.3, -0.25) is 14.3 Å². The van der Waals surface area contributed by atoms with Gasteiger partial charge in [0.1, 0.15) is 5.69 Å². The molecule has 9 nitrogen and oxygen atoms in total. The number of fused-ring (bicyclic) bond motifs is 1. The molecular weight excluding hydrogens is 545 g/mol. The van der Waals surface area contributed by atoms with Gasteiger partial charge in [-0.1, -0.05) is 12.1 Å². The highest BCUT2D eigenvalue weighted by atomic mass is 19.1. The molecule has 0 bridgehead atoms. The third-order valence-corrected chi connectivity index (χ3v) is 9.24. The first-order chi connectivity index (χ1) is 21.0. The van der Waals surface area contributed by atoms with Crippen molar-refractivity contribution in [2.45, 2.75) is 38.1 Å². The Kier molecular flexibility index (Phi) is 7.61. The summed E-state index contributed by atoms with van der Waals surface area (Å²) in [6.45, 7) is 6.99. The standard InChI is InChI=1S/C33H38FN7O2/c34-31-27(24-4-1-13-40(22-24)30(42)9-17-41-16-2-10-36-41)20-26(23-5-7-25(8-6-23)38-18-11-35-12-19-38)28-21-29(37-32(28)31)33(43)39-14-3-15-39/h2,5-8,10,16,20-21,24,35,37H,1,3-4,9,11-15,17-19,22H2/t24-/m0/s1. The van der Waals surface area contributed by atoms with Crippen molar-refractivity contribution < 1.29 is 14.0 Å². The number of piperidine rings is 1. The minimum Gasteiger partial charge on any atom is -0.369 e. The quantitative estimate of drug-likeness (QED) is 0.340. The monoisotopic (exact) mass is 583 g/mol. The van der Waals surface area contributed by atoms with Crippen LogP contribution in [0.15, 0.2) is 54.9 Å². The average molecular weight is 584 g/mol. The van der Waals surface area contributed by atoms with E-state index in [1.165, 1.54) is 5.69 Å². The van der Waals surface area contributed by atoms with Crippen LogP contribution in [0.1, 0.15) is 47.7 Å². The number of hydrogen-bond donors (Lipinski definition) is 2. The number of H-pyrrole nitrogens is 1. The molecule has 0 spiro atoms. The van der Waals surface area contributed by atoms with Crippen molar-refractivity contribution in [3.63, 3.8) is 0 Å². The number of amides is 2. The number of aryl methyl sites for hydroxylation is 1. The molecule has 224 valence electrons. The number of piperazine rings is 1. The second-order valence-corrected chi connectivity index (χ2v) is 11.9. The number of hydrogen-bond acceptors (Lipinski definition) is 5. The molecule has 3 aliphatic heterocycles. The summed E-state index contributed by atoms with van der Waals surface area (Å²) >= 11 is 0. The summed E-state index contributed by atoms with van der Waals surface area (Å²) in [5.74, 6) is -0.485. The second kappa shape index (κ2) is 11.8. The van der Waals surface area contributed by atoms with Crippen LogP contribution in [0.4, 0.5) is 10.1 Å². The van der Waals surface area contributed by atoms with E-state index in [4.69, 9.17) is 0 Å². The van der Waals surface area contributed by atoms with Crippen LogP contribution in [0.25, 0.3) is 22.0 Å². The molecule has 4 aromatic rings. The van der Waals surface area contributed by atoms with Gasteiger partial charge in [-0.05, 0) is 66.3 Å². The van der Waals surface area contributed by atoms with E-state index < -0.39 is 0 Å². The van der Waals surface area contributed by atoms with Crippen LogP contribution >= 0.6 is 0 Å². The Hall–Kier alpha value is -4.18. The van der Waals surface area contributed by atoms with Crippen molar-refractivity contribution in [2.75, 3.05) is 57.3 Å². The summed E-state index contributed by atoms with van der Waals surface area (Å²) in [4.78, 5) is 35.5. The zero-order valence-corrected chi connectivity index (χ0v) is 24.4. The van der Waals surface area contributed by atoms with Gasteiger partial charge in [0.15, 0.2) is 5.82 Å². The smallest absolute Gasteiger partial charge is 0.270 e. The van der Waals surface area contributed by atoms with Crippen molar-refractivity contribution in [1.29, 1.82) is 0 Å². The van der Waals surface area contributed by atoms with E-state index in [2.05, 4.69) is 44.6 Å². The number of aromatic amines is 1. The summed E-state index contributed by atoms with van der Waals surface area (Å²) < 4.78 is 18.2. The van der Waals surface area contributed by atoms with Gasteiger partial charge in [-0.2, -0.15) is 5.10 Å². The van der Waals surface area contributed by atoms with Gasteiger partial charge in [-0.15, -0.1) is 0 Å². The number of aromatic nitrogens is 3. The van der Waals surface area contributed by atoms with Gasteiger partial charge < -0.3 is 25.0 Å². The zero-order chi connectivity index (χ0) is 29.3. The Morgan fingerprint density at radius 3 is 2.49 bits per heavy atom. The summed E-state index contributed by atoms with van der Waals surface area (Å²) in [7, 11) is 0. The highest BCUT2D eigenvalue weighted by molar-refractivity contribution is 6.03. The van der Waals surface area contributed by atoms with E-state index >= 15 is 4.39 Å². The molecule has 2 amide bonds. The van der Waals surface area contributed by atoms with Crippen LogP contribution in [-0.2, 0) is 11.3 Å². The van der Waals surface area contributed by atoms with E-state index in [0.29, 0.717) is 48.2 Å². The molecule has 5 heterocycles. The number of carbonyl (C=O) groups is 2. The first kappa shape index (κ1) is 27.6. The fraction of sp³-hybridized carbons (Fsp3) is 0.424. The Bertz CT molecular complexity index is 1600. The van der Waals surface area contributed by atoms with Crippen molar-refractivity contribution in [1.82, 2.24) is 29.9 Å². The Morgan fingerprint density at radius 2 is 1.77 bits per heavy atom. The largest absolute Gasteiger partial charge is 0.369 e. The lowest BCUT2D eigenvalue weighted by Gasteiger charge is -2.33. The van der Waals surface area contributed by atoms with Crippen molar-refractivity contribution in [3.05, 3.63) is 71.9 Å². The van der Waals surface area contributed by atoms with Crippen LogP contribution in [0.3, 0.4) is 0 Å². The lowest BCUT2D eigenvalue weighted by Crippen LogP contribution is -2.43. The summed E-state index contributed by atoms with van der Waals surface area (Å²) in [6, 6.07) is 14.1. The number of nitrogens with zero attached hydrogens (tertiary/aromatic N) is 5.